The van der Waals surface area contributed by atoms with Crippen LogP contribution >= 0.6 is 0 Å². The number of carbonyl (C=O) groups is 1. The van der Waals surface area contributed by atoms with Crippen LogP contribution in [0.15, 0.2) is 24.3 Å². The molecule has 1 aliphatic carbocycles. The lowest BCUT2D eigenvalue weighted by Crippen LogP contribution is -2.36. The maximum absolute atomic E-state index is 13.1. The van der Waals surface area contributed by atoms with Crippen molar-refractivity contribution in [1.82, 2.24) is 0 Å². The third-order valence-corrected chi connectivity index (χ3v) is 7.75. The summed E-state index contributed by atoms with van der Waals surface area (Å²) in [5.41, 5.74) is 2.66. The molecule has 4 atom stereocenters. The number of rotatable bonds is 7. The van der Waals surface area contributed by atoms with Crippen molar-refractivity contribution in [2.45, 2.75) is 12.0 Å². The molecule has 5 rings (SSSR count). The summed E-state index contributed by atoms with van der Waals surface area (Å²) in [4.78, 5) is 13.1. The number of benzene rings is 2. The lowest BCUT2D eigenvalue weighted by atomic mass is 9.66. The first kappa shape index (κ1) is 23.0. The average Bonchev–Trinajstić information content (AvgIpc) is 3.44. The standard InChI is InChI=1S/C25H28O8S/c1-28-19-7-13(8-20(29-2)23(19)26)21-14-9-17-18(33-12-32-17)10-15(14)24(30-5-6-34(3)4)16-11-31-25(27)22(16)21/h7-10,16,21-22,24H,5-6,11-12H2,1-4H3/p+1/t16-,21+,22-,24+/m0/s1. The predicted octanol–water partition coefficient (Wildman–Crippen LogP) is 3.01. The number of methoxy groups -OCH3 is 2. The van der Waals surface area contributed by atoms with Crippen molar-refractivity contribution in [3.8, 4) is 28.7 Å². The van der Waals surface area contributed by atoms with E-state index < -0.39 is 5.92 Å². The first-order valence-corrected chi connectivity index (χ1v) is 13.3. The van der Waals surface area contributed by atoms with Crippen molar-refractivity contribution in [2.75, 3.05) is 52.5 Å². The molecule has 9 heteroatoms. The monoisotopic (exact) mass is 489 g/mol. The number of carbonyl (C=O) groups excluding carboxylic acids is 1. The molecule has 34 heavy (non-hydrogen) atoms. The van der Waals surface area contributed by atoms with Crippen LogP contribution in [0.25, 0.3) is 0 Å². The summed E-state index contributed by atoms with van der Waals surface area (Å²) in [7, 11) is 3.21. The van der Waals surface area contributed by atoms with Gasteiger partial charge >= 0.3 is 5.97 Å². The van der Waals surface area contributed by atoms with Gasteiger partial charge in [0.05, 0.1) is 52.0 Å². The van der Waals surface area contributed by atoms with Crippen molar-refractivity contribution >= 4 is 16.9 Å². The highest BCUT2D eigenvalue weighted by molar-refractivity contribution is 7.95. The molecule has 0 spiro atoms. The van der Waals surface area contributed by atoms with Crippen LogP contribution < -0.4 is 18.9 Å². The van der Waals surface area contributed by atoms with Gasteiger partial charge in [-0.05, 0) is 51.9 Å². The van der Waals surface area contributed by atoms with E-state index in [-0.39, 0.29) is 65.5 Å². The Morgan fingerprint density at radius 3 is 2.26 bits per heavy atom. The quantitative estimate of drug-likeness (QED) is 0.469. The molecule has 0 bridgehead atoms. The zero-order chi connectivity index (χ0) is 24.0. The summed E-state index contributed by atoms with van der Waals surface area (Å²) in [6.07, 6.45) is 4.06. The molecule has 182 valence electrons. The molecule has 1 N–H and O–H groups in total. The minimum Gasteiger partial charge on any atom is -0.502 e. The topological polar surface area (TPSA) is 92.7 Å². The van der Waals surface area contributed by atoms with Crippen LogP contribution in [0.2, 0.25) is 0 Å². The van der Waals surface area contributed by atoms with Crippen molar-refractivity contribution in [3.05, 3.63) is 41.0 Å². The minimum atomic E-state index is -0.460. The Labute approximate surface area is 201 Å². The maximum atomic E-state index is 13.1. The van der Waals surface area contributed by atoms with E-state index in [1.807, 2.05) is 12.1 Å². The van der Waals surface area contributed by atoms with Crippen molar-refractivity contribution in [3.63, 3.8) is 0 Å². The number of hydrogen-bond acceptors (Lipinski definition) is 8. The number of hydrogen-bond donors (Lipinski definition) is 1. The molecule has 0 aromatic heterocycles. The molecule has 2 heterocycles. The molecule has 1 fully saturated rings. The fourth-order valence-electron chi connectivity index (χ4n) is 5.16. The van der Waals surface area contributed by atoms with Crippen LogP contribution in [0, 0.1) is 11.8 Å². The number of ether oxygens (including phenoxy) is 6. The fraction of sp³-hybridized carbons (Fsp3) is 0.480. The fourth-order valence-corrected chi connectivity index (χ4v) is 5.59. The van der Waals surface area contributed by atoms with E-state index in [1.165, 1.54) is 14.2 Å². The molecule has 2 aliphatic heterocycles. The number of aromatic hydroxyl groups is 1. The minimum absolute atomic E-state index is 0.0863. The summed E-state index contributed by atoms with van der Waals surface area (Å²) < 4.78 is 34.2. The Kier molecular flexibility index (Phi) is 6.16. The van der Waals surface area contributed by atoms with Gasteiger partial charge in [0, 0.05) is 11.8 Å². The summed E-state index contributed by atoms with van der Waals surface area (Å²) in [5.74, 6) is 1.46. The molecular formula is C25H29O8S+. The third-order valence-electron chi connectivity index (χ3n) is 6.77. The van der Waals surface area contributed by atoms with E-state index >= 15 is 0 Å². The highest BCUT2D eigenvalue weighted by Gasteiger charge is 2.53. The number of cyclic esters (lactones) is 1. The normalized spacial score (nSPS) is 24.6. The van der Waals surface area contributed by atoms with E-state index in [9.17, 15) is 9.90 Å². The van der Waals surface area contributed by atoms with Crippen LogP contribution in [-0.4, -0.2) is 63.6 Å². The lowest BCUT2D eigenvalue weighted by molar-refractivity contribution is -0.141. The van der Waals surface area contributed by atoms with Gasteiger partial charge in [-0.1, -0.05) is 0 Å². The van der Waals surface area contributed by atoms with Crippen molar-refractivity contribution < 1.29 is 38.3 Å². The van der Waals surface area contributed by atoms with Gasteiger partial charge in [0.2, 0.25) is 12.5 Å². The zero-order valence-corrected chi connectivity index (χ0v) is 20.5. The zero-order valence-electron chi connectivity index (χ0n) is 19.7. The molecule has 2 aromatic rings. The lowest BCUT2D eigenvalue weighted by Gasteiger charge is -2.39. The van der Waals surface area contributed by atoms with E-state index in [1.54, 1.807) is 12.1 Å². The summed E-state index contributed by atoms with van der Waals surface area (Å²) in [6, 6.07) is 7.42. The Morgan fingerprint density at radius 1 is 1.00 bits per heavy atom. The molecule has 0 saturated carbocycles. The van der Waals surface area contributed by atoms with Crippen LogP contribution in [0.5, 0.6) is 28.7 Å². The SMILES string of the molecule is COc1cc([C@@H]2c3cc4c(cc3[C@@H](OCC[S+](C)C)[C@H]3COC(=O)[C@H]23)OCO4)cc(OC)c1O. The number of phenolic OH excluding ortho intramolecular Hbond substituents is 1. The molecule has 0 amide bonds. The smallest absolute Gasteiger partial charge is 0.310 e. The van der Waals surface area contributed by atoms with Crippen LogP contribution in [0.3, 0.4) is 0 Å². The molecule has 1 saturated heterocycles. The van der Waals surface area contributed by atoms with Crippen molar-refractivity contribution in [1.29, 1.82) is 0 Å². The van der Waals surface area contributed by atoms with E-state index in [4.69, 9.17) is 28.4 Å². The van der Waals surface area contributed by atoms with Crippen LogP contribution in [0.1, 0.15) is 28.7 Å². The molecule has 0 radical (unpaired) electrons. The predicted molar refractivity (Wildman–Crippen MR) is 126 cm³/mol. The molecule has 8 nitrogen and oxygen atoms in total. The molecular weight excluding hydrogens is 460 g/mol. The van der Waals surface area contributed by atoms with E-state index in [0.29, 0.717) is 18.1 Å². The highest BCUT2D eigenvalue weighted by Crippen LogP contribution is 2.56. The van der Waals surface area contributed by atoms with E-state index in [0.717, 1.165) is 22.4 Å². The first-order valence-electron chi connectivity index (χ1n) is 11.1. The van der Waals surface area contributed by atoms with Gasteiger partial charge < -0.3 is 33.5 Å². The maximum Gasteiger partial charge on any atom is 0.310 e. The average molecular weight is 490 g/mol. The van der Waals surface area contributed by atoms with E-state index in [2.05, 4.69) is 12.5 Å². The summed E-state index contributed by atoms with van der Waals surface area (Å²) in [5, 5.41) is 10.5. The summed E-state index contributed by atoms with van der Waals surface area (Å²) in [6.45, 7) is 1.03. The number of esters is 1. The first-order chi connectivity index (χ1) is 16.4. The number of fused-ring (bicyclic) bond motifs is 3. The van der Waals surface area contributed by atoms with Gasteiger partial charge in [-0.3, -0.25) is 4.79 Å². The Morgan fingerprint density at radius 2 is 1.65 bits per heavy atom. The van der Waals surface area contributed by atoms with Gasteiger partial charge in [-0.15, -0.1) is 0 Å². The van der Waals surface area contributed by atoms with Crippen LogP contribution in [-0.2, 0) is 25.2 Å². The summed E-state index contributed by atoms with van der Waals surface area (Å²) >= 11 is 0. The number of phenols is 1. The highest BCUT2D eigenvalue weighted by atomic mass is 32.2. The largest absolute Gasteiger partial charge is 0.502 e. The van der Waals surface area contributed by atoms with Gasteiger partial charge in [-0.25, -0.2) is 0 Å². The molecule has 0 unspecified atom stereocenters. The van der Waals surface area contributed by atoms with Gasteiger partial charge in [-0.2, -0.15) is 0 Å². The van der Waals surface area contributed by atoms with Gasteiger partial charge in [0.25, 0.3) is 0 Å². The van der Waals surface area contributed by atoms with Gasteiger partial charge in [0.15, 0.2) is 23.0 Å². The second-order valence-corrected chi connectivity index (χ2v) is 11.3. The van der Waals surface area contributed by atoms with Gasteiger partial charge in [0.1, 0.15) is 5.75 Å². The second kappa shape index (κ2) is 9.11. The Balaban J connectivity index is 1.67. The second-order valence-electron chi connectivity index (χ2n) is 8.89. The van der Waals surface area contributed by atoms with Crippen LogP contribution in [0.4, 0.5) is 0 Å². The van der Waals surface area contributed by atoms with Crippen molar-refractivity contribution in [2.24, 2.45) is 11.8 Å². The molecule has 3 aliphatic rings. The Bertz CT molecular complexity index is 1080. The Hall–Kier alpha value is -2.78. The third kappa shape index (κ3) is 3.80. The molecule has 2 aromatic carbocycles.